The zero-order valence-electron chi connectivity index (χ0n) is 8.65. The Morgan fingerprint density at radius 3 is 2.71 bits per heavy atom. The van der Waals surface area contributed by atoms with E-state index in [0.717, 1.165) is 6.07 Å². The number of halogens is 2. The molecule has 7 heteroatoms. The van der Waals surface area contributed by atoms with Gasteiger partial charge in [-0.3, -0.25) is 4.79 Å². The van der Waals surface area contributed by atoms with Gasteiger partial charge in [0.05, 0.1) is 12.1 Å². The third kappa shape index (κ3) is 2.95. The van der Waals surface area contributed by atoms with Crippen LogP contribution in [0.25, 0.3) is 0 Å². The lowest BCUT2D eigenvalue weighted by Gasteiger charge is -2.09. The van der Waals surface area contributed by atoms with Crippen molar-refractivity contribution in [1.29, 1.82) is 5.26 Å². The van der Waals surface area contributed by atoms with Gasteiger partial charge in [0.25, 0.3) is 6.43 Å². The summed E-state index contributed by atoms with van der Waals surface area (Å²) in [4.78, 5) is 14.2. The van der Waals surface area contributed by atoms with Crippen LogP contribution in [-0.2, 0) is 17.8 Å². The molecule has 0 bridgehead atoms. The van der Waals surface area contributed by atoms with E-state index in [1.54, 1.807) is 6.07 Å². The Hall–Kier alpha value is -2.07. The molecular weight excluding hydrogens is 232 g/mol. The Morgan fingerprint density at radius 1 is 1.65 bits per heavy atom. The monoisotopic (exact) mass is 241 g/mol. The topological polar surface area (TPSA) is 100 Å². The lowest BCUT2D eigenvalue weighted by molar-refractivity contribution is -0.136. The Balaban J connectivity index is 3.34. The molecule has 0 aliphatic carbocycles. The summed E-state index contributed by atoms with van der Waals surface area (Å²) in [5.41, 5.74) is 4.50. The first-order chi connectivity index (χ1) is 7.99. The third-order valence-electron chi connectivity index (χ3n) is 2.09. The molecule has 0 aliphatic rings. The maximum atomic E-state index is 12.6. The summed E-state index contributed by atoms with van der Waals surface area (Å²) in [7, 11) is 0. The van der Waals surface area contributed by atoms with Crippen molar-refractivity contribution in [3.05, 3.63) is 28.6 Å². The number of nitrogens with two attached hydrogens (primary N) is 1. The number of aromatic nitrogens is 1. The maximum Gasteiger partial charge on any atom is 0.307 e. The number of carboxylic acid groups (broad SMARTS) is 1. The van der Waals surface area contributed by atoms with Crippen LogP contribution in [0.3, 0.4) is 0 Å². The van der Waals surface area contributed by atoms with Gasteiger partial charge in [-0.2, -0.15) is 5.26 Å². The molecule has 1 aromatic rings. The largest absolute Gasteiger partial charge is 0.481 e. The van der Waals surface area contributed by atoms with Crippen LogP contribution in [0, 0.1) is 11.3 Å². The van der Waals surface area contributed by atoms with Crippen LogP contribution < -0.4 is 5.73 Å². The van der Waals surface area contributed by atoms with Gasteiger partial charge in [0, 0.05) is 17.7 Å². The second kappa shape index (κ2) is 5.32. The van der Waals surface area contributed by atoms with E-state index in [0.29, 0.717) is 0 Å². The minimum atomic E-state index is -2.80. The van der Waals surface area contributed by atoms with Gasteiger partial charge in [-0.1, -0.05) is 0 Å². The number of rotatable bonds is 4. The second-order valence-corrected chi connectivity index (χ2v) is 3.22. The quantitative estimate of drug-likeness (QED) is 0.818. The van der Waals surface area contributed by atoms with E-state index in [1.807, 2.05) is 0 Å². The van der Waals surface area contributed by atoms with Crippen LogP contribution in [0.1, 0.15) is 28.9 Å². The predicted octanol–water partition coefficient (Wildman–Crippen LogP) is 0.977. The summed E-state index contributed by atoms with van der Waals surface area (Å²) in [6, 6.07) is 2.65. The maximum absolute atomic E-state index is 12.6. The van der Waals surface area contributed by atoms with Gasteiger partial charge >= 0.3 is 5.97 Å². The fourth-order valence-corrected chi connectivity index (χ4v) is 1.36. The second-order valence-electron chi connectivity index (χ2n) is 3.22. The smallest absolute Gasteiger partial charge is 0.307 e. The summed E-state index contributed by atoms with van der Waals surface area (Å²) in [5, 5.41) is 17.3. The van der Waals surface area contributed by atoms with Crippen molar-refractivity contribution in [3.63, 3.8) is 0 Å². The average Bonchev–Trinajstić information content (AvgIpc) is 2.27. The van der Waals surface area contributed by atoms with Crippen molar-refractivity contribution >= 4 is 5.97 Å². The number of carbonyl (C=O) groups is 1. The molecule has 0 aliphatic heterocycles. The molecule has 0 saturated heterocycles. The Bertz CT molecular complexity index is 483. The highest BCUT2D eigenvalue weighted by Gasteiger charge is 2.18. The van der Waals surface area contributed by atoms with Crippen LogP contribution in [0.2, 0.25) is 0 Å². The Morgan fingerprint density at radius 2 is 2.29 bits per heavy atom. The minimum absolute atomic E-state index is 0.0347. The van der Waals surface area contributed by atoms with E-state index >= 15 is 0 Å². The van der Waals surface area contributed by atoms with E-state index in [9.17, 15) is 13.6 Å². The highest BCUT2D eigenvalue weighted by molar-refractivity contribution is 5.71. The molecule has 1 aromatic heterocycles. The molecule has 0 saturated carbocycles. The standard InChI is InChI=1S/C10H9F2N3O2/c11-10(12)6-1-5(2-9(16)17)7(3-13)15-8(6)4-14/h1,10H,2,4,14H2,(H,16,17). The molecule has 0 fully saturated rings. The van der Waals surface area contributed by atoms with Crippen LogP contribution in [0.4, 0.5) is 8.78 Å². The van der Waals surface area contributed by atoms with E-state index in [4.69, 9.17) is 16.1 Å². The van der Waals surface area contributed by atoms with Crippen molar-refractivity contribution in [1.82, 2.24) is 4.98 Å². The summed E-state index contributed by atoms with van der Waals surface area (Å²) in [6.45, 7) is -0.234. The molecule has 1 rings (SSSR count). The fourth-order valence-electron chi connectivity index (χ4n) is 1.36. The zero-order chi connectivity index (χ0) is 13.0. The first-order valence-electron chi connectivity index (χ1n) is 4.62. The van der Waals surface area contributed by atoms with Gasteiger partial charge in [0.1, 0.15) is 11.8 Å². The number of nitrogens with zero attached hydrogens (tertiary/aromatic N) is 2. The molecule has 0 unspecified atom stereocenters. The number of hydrogen-bond donors (Lipinski definition) is 2. The fraction of sp³-hybridized carbons (Fsp3) is 0.300. The normalized spacial score (nSPS) is 10.3. The summed E-state index contributed by atoms with van der Waals surface area (Å²) in [6.07, 6.45) is -3.33. The molecule has 0 spiro atoms. The number of alkyl halides is 2. The molecule has 0 atom stereocenters. The van der Waals surface area contributed by atoms with Crippen LogP contribution in [0.5, 0.6) is 0 Å². The Labute approximate surface area is 95.5 Å². The lowest BCUT2D eigenvalue weighted by atomic mass is 10.1. The molecule has 5 nitrogen and oxygen atoms in total. The van der Waals surface area contributed by atoms with Crippen LogP contribution in [0.15, 0.2) is 6.07 Å². The summed E-state index contributed by atoms with van der Waals surface area (Å²) < 4.78 is 25.3. The predicted molar refractivity (Wildman–Crippen MR) is 53.1 cm³/mol. The number of hydrogen-bond acceptors (Lipinski definition) is 4. The van der Waals surface area contributed by atoms with Gasteiger partial charge in [-0.15, -0.1) is 0 Å². The molecule has 0 amide bonds. The number of pyridine rings is 1. The van der Waals surface area contributed by atoms with E-state index in [1.165, 1.54) is 0 Å². The molecule has 0 aromatic carbocycles. The lowest BCUT2D eigenvalue weighted by Crippen LogP contribution is -2.11. The molecular formula is C10H9F2N3O2. The molecule has 3 N–H and O–H groups in total. The highest BCUT2D eigenvalue weighted by Crippen LogP contribution is 2.24. The van der Waals surface area contributed by atoms with Crippen molar-refractivity contribution in [3.8, 4) is 6.07 Å². The summed E-state index contributed by atoms with van der Waals surface area (Å²) >= 11 is 0. The summed E-state index contributed by atoms with van der Waals surface area (Å²) in [5.74, 6) is -1.22. The zero-order valence-corrected chi connectivity index (χ0v) is 8.65. The van der Waals surface area contributed by atoms with Crippen molar-refractivity contribution in [2.75, 3.05) is 0 Å². The first-order valence-corrected chi connectivity index (χ1v) is 4.62. The molecule has 1 heterocycles. The van der Waals surface area contributed by atoms with Gasteiger partial charge < -0.3 is 10.8 Å². The number of nitriles is 1. The molecule has 17 heavy (non-hydrogen) atoms. The minimum Gasteiger partial charge on any atom is -0.481 e. The van der Waals surface area contributed by atoms with Crippen molar-refractivity contribution in [2.45, 2.75) is 19.4 Å². The SMILES string of the molecule is N#Cc1nc(CN)c(C(F)F)cc1CC(=O)O. The Kier molecular flexibility index (Phi) is 4.06. The van der Waals surface area contributed by atoms with Crippen molar-refractivity contribution < 1.29 is 18.7 Å². The van der Waals surface area contributed by atoms with Crippen LogP contribution >= 0.6 is 0 Å². The number of aliphatic carboxylic acids is 1. The first kappa shape index (κ1) is 13.0. The molecule has 90 valence electrons. The third-order valence-corrected chi connectivity index (χ3v) is 2.09. The van der Waals surface area contributed by atoms with E-state index < -0.39 is 24.4 Å². The average molecular weight is 241 g/mol. The van der Waals surface area contributed by atoms with Crippen LogP contribution in [-0.4, -0.2) is 16.1 Å². The van der Waals surface area contributed by atoms with E-state index in [-0.39, 0.29) is 23.5 Å². The molecule has 0 radical (unpaired) electrons. The van der Waals surface area contributed by atoms with Gasteiger partial charge in [0.15, 0.2) is 0 Å². The van der Waals surface area contributed by atoms with Gasteiger partial charge in [-0.25, -0.2) is 13.8 Å². The van der Waals surface area contributed by atoms with Gasteiger partial charge in [0.2, 0.25) is 0 Å². The number of carboxylic acids is 1. The van der Waals surface area contributed by atoms with Gasteiger partial charge in [-0.05, 0) is 6.07 Å². The highest BCUT2D eigenvalue weighted by atomic mass is 19.3. The van der Waals surface area contributed by atoms with E-state index in [2.05, 4.69) is 4.98 Å². The van der Waals surface area contributed by atoms with Crippen molar-refractivity contribution in [2.24, 2.45) is 5.73 Å².